The van der Waals surface area contributed by atoms with Gasteiger partial charge in [-0.25, -0.2) is 13.2 Å². The number of hydrogen-bond donors (Lipinski definition) is 1. The van der Waals surface area contributed by atoms with Gasteiger partial charge in [-0.3, -0.25) is 9.78 Å². The maximum absolute atomic E-state index is 13.4. The molecule has 0 radical (unpaired) electrons. The Bertz CT molecular complexity index is 632. The fourth-order valence-electron chi connectivity index (χ4n) is 1.81. The lowest BCUT2D eigenvalue weighted by Crippen LogP contribution is -2.26. The third-order valence-corrected chi connectivity index (χ3v) is 2.90. The van der Waals surface area contributed by atoms with Gasteiger partial charge in [-0.15, -0.1) is 0 Å². The lowest BCUT2D eigenvalue weighted by atomic mass is 10.1. The van der Waals surface area contributed by atoms with Gasteiger partial charge in [0, 0.05) is 18.4 Å². The second-order valence-corrected chi connectivity index (χ2v) is 4.40. The molecule has 0 unspecified atom stereocenters. The molecule has 0 saturated heterocycles. The monoisotopic (exact) mass is 294 g/mol. The molecule has 0 atom stereocenters. The average Bonchev–Trinajstić information content (AvgIpc) is 2.50. The van der Waals surface area contributed by atoms with Crippen LogP contribution in [0, 0.1) is 17.5 Å². The quantitative estimate of drug-likeness (QED) is 0.680. The van der Waals surface area contributed by atoms with Crippen molar-refractivity contribution in [3.05, 3.63) is 65.2 Å². The second kappa shape index (κ2) is 6.88. The number of nitrogens with zero attached hydrogens (tertiary/aromatic N) is 1. The van der Waals surface area contributed by atoms with Crippen LogP contribution in [0.4, 0.5) is 13.2 Å². The highest BCUT2D eigenvalue weighted by molar-refractivity contribution is 5.94. The molecule has 0 bridgehead atoms. The standard InChI is InChI=1S/C15H13F3N2O/c16-12-7-6-11(13(17)14(12)18)15(21)20-9-3-5-10-4-1-2-8-19-10/h1-2,4,6-8H,3,5,9H2,(H,20,21). The van der Waals surface area contributed by atoms with Gasteiger partial charge < -0.3 is 5.32 Å². The highest BCUT2D eigenvalue weighted by atomic mass is 19.2. The summed E-state index contributed by atoms with van der Waals surface area (Å²) >= 11 is 0. The Morgan fingerprint density at radius 2 is 1.90 bits per heavy atom. The van der Waals surface area contributed by atoms with E-state index in [-0.39, 0.29) is 6.54 Å². The molecule has 1 heterocycles. The third-order valence-electron chi connectivity index (χ3n) is 2.90. The lowest BCUT2D eigenvalue weighted by molar-refractivity contribution is 0.0948. The number of halogens is 3. The molecule has 1 aromatic carbocycles. The Balaban J connectivity index is 1.87. The maximum atomic E-state index is 13.4. The van der Waals surface area contributed by atoms with E-state index in [9.17, 15) is 18.0 Å². The van der Waals surface area contributed by atoms with Gasteiger partial charge >= 0.3 is 0 Å². The van der Waals surface area contributed by atoms with E-state index in [0.29, 0.717) is 12.8 Å². The molecule has 0 aliphatic rings. The predicted molar refractivity (Wildman–Crippen MR) is 71.2 cm³/mol. The van der Waals surface area contributed by atoms with E-state index >= 15 is 0 Å². The van der Waals surface area contributed by atoms with E-state index in [1.807, 2.05) is 12.1 Å². The largest absolute Gasteiger partial charge is 0.352 e. The number of rotatable bonds is 5. The summed E-state index contributed by atoms with van der Waals surface area (Å²) in [7, 11) is 0. The van der Waals surface area contributed by atoms with E-state index < -0.39 is 28.9 Å². The molecular formula is C15H13F3N2O. The van der Waals surface area contributed by atoms with Crippen molar-refractivity contribution in [2.75, 3.05) is 6.54 Å². The van der Waals surface area contributed by atoms with Gasteiger partial charge in [0.1, 0.15) is 0 Å². The first kappa shape index (κ1) is 15.0. The van der Waals surface area contributed by atoms with Crippen molar-refractivity contribution in [2.45, 2.75) is 12.8 Å². The molecule has 21 heavy (non-hydrogen) atoms. The molecule has 1 N–H and O–H groups in total. The van der Waals surface area contributed by atoms with Crippen LogP contribution in [-0.2, 0) is 6.42 Å². The number of amides is 1. The van der Waals surface area contributed by atoms with Gasteiger partial charge in [-0.1, -0.05) is 6.07 Å². The maximum Gasteiger partial charge on any atom is 0.254 e. The van der Waals surface area contributed by atoms with E-state index in [1.165, 1.54) is 0 Å². The minimum atomic E-state index is -1.64. The summed E-state index contributed by atoms with van der Waals surface area (Å²) < 4.78 is 39.2. The van der Waals surface area contributed by atoms with Crippen molar-refractivity contribution in [1.29, 1.82) is 0 Å². The molecule has 2 rings (SSSR count). The van der Waals surface area contributed by atoms with Crippen molar-refractivity contribution in [3.8, 4) is 0 Å². The first-order valence-corrected chi connectivity index (χ1v) is 6.41. The fourth-order valence-corrected chi connectivity index (χ4v) is 1.81. The Hall–Kier alpha value is -2.37. The molecule has 1 aromatic heterocycles. The first-order chi connectivity index (χ1) is 10.1. The van der Waals surface area contributed by atoms with Gasteiger partial charge in [0.15, 0.2) is 17.5 Å². The van der Waals surface area contributed by atoms with Crippen molar-refractivity contribution in [3.63, 3.8) is 0 Å². The molecule has 6 heteroatoms. The number of benzene rings is 1. The van der Waals surface area contributed by atoms with Crippen LogP contribution < -0.4 is 5.32 Å². The predicted octanol–water partition coefficient (Wildman–Crippen LogP) is 2.86. The molecule has 0 fully saturated rings. The van der Waals surface area contributed by atoms with Crippen LogP contribution in [0.1, 0.15) is 22.5 Å². The molecule has 1 amide bonds. The number of aromatic nitrogens is 1. The van der Waals surface area contributed by atoms with Gasteiger partial charge in [0.05, 0.1) is 5.56 Å². The number of carbonyl (C=O) groups excluding carboxylic acids is 1. The molecule has 0 aliphatic carbocycles. The number of pyridine rings is 1. The zero-order valence-electron chi connectivity index (χ0n) is 11.1. The van der Waals surface area contributed by atoms with Crippen molar-refractivity contribution in [1.82, 2.24) is 10.3 Å². The Morgan fingerprint density at radius 3 is 2.62 bits per heavy atom. The van der Waals surface area contributed by atoms with Crippen molar-refractivity contribution < 1.29 is 18.0 Å². The Kier molecular flexibility index (Phi) is 4.92. The number of hydrogen-bond acceptors (Lipinski definition) is 2. The molecule has 3 nitrogen and oxygen atoms in total. The van der Waals surface area contributed by atoms with E-state index in [1.54, 1.807) is 12.3 Å². The average molecular weight is 294 g/mol. The summed E-state index contributed by atoms with van der Waals surface area (Å²) in [6.45, 7) is 0.286. The van der Waals surface area contributed by atoms with Crippen LogP contribution in [0.25, 0.3) is 0 Å². The van der Waals surface area contributed by atoms with Gasteiger partial charge in [0.2, 0.25) is 0 Å². The van der Waals surface area contributed by atoms with Crippen LogP contribution >= 0.6 is 0 Å². The molecule has 0 aliphatic heterocycles. The minimum absolute atomic E-state index is 0.286. The highest BCUT2D eigenvalue weighted by Crippen LogP contribution is 2.14. The van der Waals surface area contributed by atoms with Crippen LogP contribution in [0.5, 0.6) is 0 Å². The van der Waals surface area contributed by atoms with Gasteiger partial charge in [-0.2, -0.15) is 0 Å². The van der Waals surface area contributed by atoms with Crippen LogP contribution in [0.15, 0.2) is 36.5 Å². The summed E-state index contributed by atoms with van der Waals surface area (Å²) in [6.07, 6.45) is 2.93. The zero-order valence-corrected chi connectivity index (χ0v) is 11.1. The lowest BCUT2D eigenvalue weighted by Gasteiger charge is -2.07. The number of aryl methyl sites for hydroxylation is 1. The zero-order chi connectivity index (χ0) is 15.2. The Labute approximate surface area is 119 Å². The first-order valence-electron chi connectivity index (χ1n) is 6.41. The fraction of sp³-hybridized carbons (Fsp3) is 0.200. The number of carbonyl (C=O) groups is 1. The molecule has 0 spiro atoms. The summed E-state index contributed by atoms with van der Waals surface area (Å²) in [5.41, 5.74) is 0.373. The summed E-state index contributed by atoms with van der Waals surface area (Å²) in [6, 6.07) is 7.16. The second-order valence-electron chi connectivity index (χ2n) is 4.40. The Morgan fingerprint density at radius 1 is 1.10 bits per heavy atom. The van der Waals surface area contributed by atoms with Crippen LogP contribution in [0.2, 0.25) is 0 Å². The van der Waals surface area contributed by atoms with Crippen molar-refractivity contribution >= 4 is 5.91 Å². The molecule has 2 aromatic rings. The van der Waals surface area contributed by atoms with E-state index in [2.05, 4.69) is 10.3 Å². The topological polar surface area (TPSA) is 42.0 Å². The smallest absolute Gasteiger partial charge is 0.254 e. The van der Waals surface area contributed by atoms with Gasteiger partial charge in [0.25, 0.3) is 5.91 Å². The van der Waals surface area contributed by atoms with Gasteiger partial charge in [-0.05, 0) is 37.1 Å². The normalized spacial score (nSPS) is 10.4. The van der Waals surface area contributed by atoms with E-state index in [4.69, 9.17) is 0 Å². The third kappa shape index (κ3) is 3.81. The van der Waals surface area contributed by atoms with Crippen LogP contribution in [-0.4, -0.2) is 17.4 Å². The molecule has 0 saturated carbocycles. The highest BCUT2D eigenvalue weighted by Gasteiger charge is 2.18. The summed E-state index contributed by atoms with van der Waals surface area (Å²) in [5.74, 6) is -5.21. The molecular weight excluding hydrogens is 281 g/mol. The minimum Gasteiger partial charge on any atom is -0.352 e. The summed E-state index contributed by atoms with van der Waals surface area (Å²) in [5, 5.41) is 2.46. The van der Waals surface area contributed by atoms with E-state index in [0.717, 1.165) is 17.8 Å². The SMILES string of the molecule is O=C(NCCCc1ccccn1)c1ccc(F)c(F)c1F. The summed E-state index contributed by atoms with van der Waals surface area (Å²) in [4.78, 5) is 15.8. The molecule has 110 valence electrons. The van der Waals surface area contributed by atoms with Crippen molar-refractivity contribution in [2.24, 2.45) is 0 Å². The van der Waals surface area contributed by atoms with Crippen LogP contribution in [0.3, 0.4) is 0 Å². The number of nitrogens with one attached hydrogen (secondary N) is 1.